The largest absolute Gasteiger partial charge is 0.365 e. The molecule has 0 atom stereocenters. The van der Waals surface area contributed by atoms with Crippen molar-refractivity contribution in [3.63, 3.8) is 0 Å². The summed E-state index contributed by atoms with van der Waals surface area (Å²) >= 11 is 6.47. The fourth-order valence-electron chi connectivity index (χ4n) is 3.34. The lowest BCUT2D eigenvalue weighted by Gasteiger charge is -2.19. The van der Waals surface area contributed by atoms with Gasteiger partial charge in [-0.2, -0.15) is 10.4 Å². The quantitative estimate of drug-likeness (QED) is 0.474. The van der Waals surface area contributed by atoms with Gasteiger partial charge in [0.2, 0.25) is 0 Å². The van der Waals surface area contributed by atoms with Crippen LogP contribution < -0.4 is 11.1 Å². The van der Waals surface area contributed by atoms with E-state index in [0.29, 0.717) is 22.9 Å². The molecule has 3 heterocycles. The Morgan fingerprint density at radius 1 is 1.13 bits per heavy atom. The average molecular weight is 419 g/mol. The Kier molecular flexibility index (Phi) is 7.02. The van der Waals surface area contributed by atoms with Crippen LogP contribution in [0, 0.1) is 11.3 Å². The molecule has 3 N–H and O–H groups in total. The van der Waals surface area contributed by atoms with E-state index in [4.69, 9.17) is 17.3 Å². The molecule has 0 bridgehead atoms. The van der Waals surface area contributed by atoms with Crippen LogP contribution in [0.15, 0.2) is 61.1 Å². The van der Waals surface area contributed by atoms with Crippen molar-refractivity contribution in [2.75, 3.05) is 5.32 Å². The number of nitrogens with zero attached hydrogens (tertiary/aromatic N) is 4. The lowest BCUT2D eigenvalue weighted by atomic mass is 9.94. The zero-order valence-corrected chi connectivity index (χ0v) is 17.7. The third-order valence-electron chi connectivity index (χ3n) is 4.59. The molecule has 6 nitrogen and oxygen atoms in total. The number of halogens is 1. The van der Waals surface area contributed by atoms with Gasteiger partial charge in [0.25, 0.3) is 0 Å². The molecule has 1 aromatic carbocycles. The first kappa shape index (κ1) is 21.3. The Hall–Kier alpha value is -3.40. The summed E-state index contributed by atoms with van der Waals surface area (Å²) in [5.74, 6) is 0.596. The number of hydrogen-bond acceptors (Lipinski definition) is 5. The first-order chi connectivity index (χ1) is 14.7. The van der Waals surface area contributed by atoms with Crippen LogP contribution in [0.3, 0.4) is 0 Å². The molecule has 0 saturated carbocycles. The van der Waals surface area contributed by atoms with Gasteiger partial charge in [0.1, 0.15) is 17.5 Å². The van der Waals surface area contributed by atoms with Crippen LogP contribution in [0.5, 0.6) is 0 Å². The smallest absolute Gasteiger partial charge is 0.147 e. The molecule has 7 heteroatoms. The van der Waals surface area contributed by atoms with Gasteiger partial charge in [0.15, 0.2) is 0 Å². The number of nitrogens with one attached hydrogen (secondary N) is 1. The van der Waals surface area contributed by atoms with Crippen LogP contribution in [0.1, 0.15) is 30.5 Å². The number of hydrogen-bond donors (Lipinski definition) is 2. The van der Waals surface area contributed by atoms with Gasteiger partial charge in [-0.3, -0.25) is 4.98 Å². The third-order valence-corrected chi connectivity index (χ3v) is 4.92. The standard InChI is InChI=1S/C21H17ClN6.C2H6/c22-18-6-2-1-5-15(18)20-16(10-23)19-7-9-27-28(19)21(17(20)11-24)26-13-14-4-3-8-25-12-14;1-2/h1-9,12,26H,10,13,23H2;1-2H3. The molecule has 0 unspecified atom stereocenters. The molecule has 3 aromatic heterocycles. The Bertz CT molecular complexity index is 1180. The van der Waals surface area contributed by atoms with Crippen LogP contribution in [0.2, 0.25) is 5.02 Å². The summed E-state index contributed by atoms with van der Waals surface area (Å²) < 4.78 is 1.72. The van der Waals surface area contributed by atoms with Crippen LogP contribution in [-0.4, -0.2) is 14.6 Å². The van der Waals surface area contributed by atoms with Crippen molar-refractivity contribution in [3.8, 4) is 17.2 Å². The molecule has 4 rings (SSSR count). The van der Waals surface area contributed by atoms with Crippen molar-refractivity contribution in [2.45, 2.75) is 26.9 Å². The first-order valence-electron chi connectivity index (χ1n) is 9.75. The Morgan fingerprint density at radius 2 is 1.93 bits per heavy atom. The minimum Gasteiger partial charge on any atom is -0.365 e. The number of benzene rings is 1. The summed E-state index contributed by atoms with van der Waals surface area (Å²) in [4.78, 5) is 4.13. The van der Waals surface area contributed by atoms with Gasteiger partial charge in [-0.05, 0) is 23.8 Å². The number of rotatable bonds is 5. The van der Waals surface area contributed by atoms with E-state index < -0.39 is 0 Å². The molecule has 30 heavy (non-hydrogen) atoms. The molecule has 0 spiro atoms. The second kappa shape index (κ2) is 9.88. The number of pyridine rings is 2. The highest BCUT2D eigenvalue weighted by Gasteiger charge is 2.22. The van der Waals surface area contributed by atoms with E-state index in [1.807, 2.05) is 56.3 Å². The van der Waals surface area contributed by atoms with E-state index in [-0.39, 0.29) is 6.54 Å². The molecular formula is C23H23ClN6. The maximum absolute atomic E-state index is 10.0. The summed E-state index contributed by atoms with van der Waals surface area (Å²) in [7, 11) is 0. The summed E-state index contributed by atoms with van der Waals surface area (Å²) in [5.41, 5.74) is 10.7. The van der Waals surface area contributed by atoms with Crippen molar-refractivity contribution >= 4 is 22.9 Å². The second-order valence-corrected chi connectivity index (χ2v) is 6.62. The first-order valence-corrected chi connectivity index (χ1v) is 10.1. The SMILES string of the molecule is CC.N#Cc1c(-c2ccccc2Cl)c(CN)c2ccnn2c1NCc1cccnc1. The molecule has 0 aliphatic carbocycles. The maximum Gasteiger partial charge on any atom is 0.147 e. The normalized spacial score (nSPS) is 10.2. The van der Waals surface area contributed by atoms with Crippen LogP contribution in [-0.2, 0) is 13.1 Å². The molecule has 0 radical (unpaired) electrons. The summed E-state index contributed by atoms with van der Waals surface area (Å²) in [6.07, 6.45) is 5.20. The Labute approximate surface area is 180 Å². The average Bonchev–Trinajstić information content (AvgIpc) is 3.28. The van der Waals surface area contributed by atoms with E-state index in [1.165, 1.54) is 0 Å². The molecule has 0 saturated heterocycles. The summed E-state index contributed by atoms with van der Waals surface area (Å²) in [5, 5.41) is 18.4. The van der Waals surface area contributed by atoms with Crippen LogP contribution >= 0.6 is 11.6 Å². The van der Waals surface area contributed by atoms with E-state index in [1.54, 1.807) is 23.1 Å². The maximum atomic E-state index is 10.0. The topological polar surface area (TPSA) is 92.0 Å². The number of nitrogens with two attached hydrogens (primary N) is 1. The zero-order valence-electron chi connectivity index (χ0n) is 16.9. The van der Waals surface area contributed by atoms with Gasteiger partial charge in [-0.1, -0.05) is 49.7 Å². The van der Waals surface area contributed by atoms with Crippen molar-refractivity contribution < 1.29 is 0 Å². The molecule has 0 fully saturated rings. The van der Waals surface area contributed by atoms with E-state index in [0.717, 1.165) is 27.8 Å². The van der Waals surface area contributed by atoms with Crippen molar-refractivity contribution in [3.05, 3.63) is 82.8 Å². The van der Waals surface area contributed by atoms with Gasteiger partial charge >= 0.3 is 0 Å². The third kappa shape index (κ3) is 3.99. The van der Waals surface area contributed by atoms with Crippen LogP contribution in [0.4, 0.5) is 5.82 Å². The zero-order chi connectivity index (χ0) is 21.5. The highest BCUT2D eigenvalue weighted by Crippen LogP contribution is 2.38. The van der Waals surface area contributed by atoms with E-state index in [9.17, 15) is 5.26 Å². The van der Waals surface area contributed by atoms with Crippen molar-refractivity contribution in [1.29, 1.82) is 5.26 Å². The fraction of sp³-hybridized carbons (Fsp3) is 0.174. The molecular weight excluding hydrogens is 396 g/mol. The van der Waals surface area contributed by atoms with Crippen molar-refractivity contribution in [2.24, 2.45) is 5.73 Å². The van der Waals surface area contributed by atoms with Crippen LogP contribution in [0.25, 0.3) is 16.6 Å². The Morgan fingerprint density at radius 3 is 2.60 bits per heavy atom. The van der Waals surface area contributed by atoms with E-state index >= 15 is 0 Å². The minimum atomic E-state index is 0.257. The molecule has 152 valence electrons. The monoisotopic (exact) mass is 418 g/mol. The van der Waals surface area contributed by atoms with Gasteiger partial charge in [-0.25, -0.2) is 4.52 Å². The predicted octanol–water partition coefficient (Wildman–Crippen LogP) is 5.02. The highest BCUT2D eigenvalue weighted by molar-refractivity contribution is 6.33. The van der Waals surface area contributed by atoms with Gasteiger partial charge < -0.3 is 11.1 Å². The minimum absolute atomic E-state index is 0.257. The Balaban J connectivity index is 0.00000124. The number of anilines is 1. The predicted molar refractivity (Wildman–Crippen MR) is 121 cm³/mol. The lowest BCUT2D eigenvalue weighted by Crippen LogP contribution is -2.12. The van der Waals surface area contributed by atoms with Gasteiger partial charge in [0.05, 0.1) is 11.7 Å². The number of aromatic nitrogens is 3. The molecule has 4 aromatic rings. The highest BCUT2D eigenvalue weighted by atomic mass is 35.5. The second-order valence-electron chi connectivity index (χ2n) is 6.22. The fourth-order valence-corrected chi connectivity index (χ4v) is 3.57. The van der Waals surface area contributed by atoms with E-state index in [2.05, 4.69) is 21.5 Å². The summed E-state index contributed by atoms with van der Waals surface area (Å²) in [6.45, 7) is 4.76. The molecule has 0 aliphatic rings. The number of fused-ring (bicyclic) bond motifs is 1. The van der Waals surface area contributed by atoms with Gasteiger partial charge in [0, 0.05) is 47.2 Å². The lowest BCUT2D eigenvalue weighted by molar-refractivity contribution is 0.924. The number of nitriles is 1. The molecule has 0 aliphatic heterocycles. The van der Waals surface area contributed by atoms with Crippen molar-refractivity contribution in [1.82, 2.24) is 14.6 Å². The molecule has 0 amide bonds. The summed E-state index contributed by atoms with van der Waals surface area (Å²) in [6, 6.07) is 15.5. The van der Waals surface area contributed by atoms with Gasteiger partial charge in [-0.15, -0.1) is 0 Å².